The van der Waals surface area contributed by atoms with Gasteiger partial charge in [0, 0.05) is 13.1 Å². The molecule has 14 heavy (non-hydrogen) atoms. The third-order valence-corrected chi connectivity index (χ3v) is 3.02. The summed E-state index contributed by atoms with van der Waals surface area (Å²) in [5.41, 5.74) is 5.32. The molecule has 0 saturated heterocycles. The number of likely N-dealkylation sites (N-methyl/N-ethyl adjacent to an activating group) is 1. The second kappa shape index (κ2) is 4.75. The first-order chi connectivity index (χ1) is 6.58. The molecule has 3 N–H and O–H groups in total. The van der Waals surface area contributed by atoms with Crippen LogP contribution in [0.25, 0.3) is 0 Å². The van der Waals surface area contributed by atoms with Gasteiger partial charge in [0.05, 0.1) is 5.54 Å². The van der Waals surface area contributed by atoms with Crippen LogP contribution in [0, 0.1) is 0 Å². The summed E-state index contributed by atoms with van der Waals surface area (Å²) >= 11 is 0. The zero-order valence-corrected chi connectivity index (χ0v) is 9.18. The van der Waals surface area contributed by atoms with Crippen LogP contribution in [0.4, 0.5) is 0 Å². The van der Waals surface area contributed by atoms with Gasteiger partial charge in [-0.1, -0.05) is 6.92 Å². The average Bonchev–Trinajstić information content (AvgIpc) is 2.13. The highest BCUT2D eigenvalue weighted by Gasteiger charge is 2.39. The number of carbonyl (C=O) groups excluding carboxylic acids is 1. The molecule has 0 radical (unpaired) electrons. The standard InChI is InChI=1S/C10H21N3O/c1-3-13(2)8-7-12-9(14)10(11)5-4-6-10/h3-8,11H2,1-2H3,(H,12,14). The van der Waals surface area contributed by atoms with E-state index in [4.69, 9.17) is 5.73 Å². The highest BCUT2D eigenvalue weighted by atomic mass is 16.2. The third-order valence-electron chi connectivity index (χ3n) is 3.02. The van der Waals surface area contributed by atoms with Crippen molar-refractivity contribution in [2.24, 2.45) is 5.73 Å². The van der Waals surface area contributed by atoms with Crippen molar-refractivity contribution in [1.82, 2.24) is 10.2 Å². The number of nitrogens with one attached hydrogen (secondary N) is 1. The lowest BCUT2D eigenvalue weighted by atomic mass is 9.77. The summed E-state index contributed by atoms with van der Waals surface area (Å²) in [6, 6.07) is 0. The van der Waals surface area contributed by atoms with E-state index in [1.54, 1.807) is 0 Å². The van der Waals surface area contributed by atoms with Crippen LogP contribution in [0.15, 0.2) is 0 Å². The highest BCUT2D eigenvalue weighted by molar-refractivity contribution is 5.86. The Labute approximate surface area is 85.8 Å². The monoisotopic (exact) mass is 199 g/mol. The Bertz CT molecular complexity index is 202. The third kappa shape index (κ3) is 2.69. The lowest BCUT2D eigenvalue weighted by Gasteiger charge is -2.36. The molecule has 0 aromatic heterocycles. The van der Waals surface area contributed by atoms with E-state index >= 15 is 0 Å². The predicted octanol–water partition coefficient (Wildman–Crippen LogP) is -0.0643. The Morgan fingerprint density at radius 3 is 2.64 bits per heavy atom. The van der Waals surface area contributed by atoms with Crippen molar-refractivity contribution in [3.63, 3.8) is 0 Å². The van der Waals surface area contributed by atoms with Gasteiger partial charge in [-0.15, -0.1) is 0 Å². The molecule has 0 heterocycles. The maximum absolute atomic E-state index is 11.6. The maximum atomic E-state index is 11.6. The molecule has 1 aliphatic rings. The van der Waals surface area contributed by atoms with E-state index in [0.29, 0.717) is 6.54 Å². The van der Waals surface area contributed by atoms with E-state index in [1.807, 2.05) is 7.05 Å². The van der Waals surface area contributed by atoms with Crippen LogP contribution in [0.5, 0.6) is 0 Å². The minimum atomic E-state index is -0.551. The largest absolute Gasteiger partial charge is 0.353 e. The van der Waals surface area contributed by atoms with E-state index in [0.717, 1.165) is 32.4 Å². The summed E-state index contributed by atoms with van der Waals surface area (Å²) in [5.74, 6) is 0.0215. The van der Waals surface area contributed by atoms with E-state index in [1.165, 1.54) is 0 Å². The van der Waals surface area contributed by atoms with Crippen LogP contribution in [0.1, 0.15) is 26.2 Å². The normalized spacial score (nSPS) is 19.1. The fourth-order valence-corrected chi connectivity index (χ4v) is 1.48. The summed E-state index contributed by atoms with van der Waals surface area (Å²) in [6.07, 6.45) is 2.75. The van der Waals surface area contributed by atoms with Gasteiger partial charge >= 0.3 is 0 Å². The lowest BCUT2D eigenvalue weighted by molar-refractivity contribution is -0.129. The van der Waals surface area contributed by atoms with Crippen LogP contribution in [0.2, 0.25) is 0 Å². The topological polar surface area (TPSA) is 58.4 Å². The second-order valence-corrected chi connectivity index (χ2v) is 4.16. The van der Waals surface area contributed by atoms with Crippen LogP contribution in [0.3, 0.4) is 0 Å². The van der Waals surface area contributed by atoms with Crippen LogP contribution in [-0.4, -0.2) is 43.0 Å². The number of carbonyl (C=O) groups is 1. The van der Waals surface area contributed by atoms with Crippen molar-refractivity contribution in [2.75, 3.05) is 26.7 Å². The maximum Gasteiger partial charge on any atom is 0.240 e. The predicted molar refractivity (Wildman–Crippen MR) is 57.0 cm³/mol. The quantitative estimate of drug-likeness (QED) is 0.652. The molecular formula is C10H21N3O. The highest BCUT2D eigenvalue weighted by Crippen LogP contribution is 2.28. The van der Waals surface area contributed by atoms with Crippen molar-refractivity contribution in [2.45, 2.75) is 31.7 Å². The summed E-state index contributed by atoms with van der Waals surface area (Å²) in [6.45, 7) is 4.68. The van der Waals surface area contributed by atoms with Crippen molar-refractivity contribution in [3.05, 3.63) is 0 Å². The first kappa shape index (κ1) is 11.5. The molecule has 1 aliphatic carbocycles. The number of hydrogen-bond donors (Lipinski definition) is 2. The molecule has 0 unspecified atom stereocenters. The summed E-state index contributed by atoms with van der Waals surface area (Å²) in [4.78, 5) is 13.7. The minimum Gasteiger partial charge on any atom is -0.353 e. The van der Waals surface area contributed by atoms with Gasteiger partial charge in [0.15, 0.2) is 0 Å². The van der Waals surface area contributed by atoms with Gasteiger partial charge in [0.2, 0.25) is 5.91 Å². The smallest absolute Gasteiger partial charge is 0.240 e. The molecule has 1 amide bonds. The number of nitrogens with zero attached hydrogens (tertiary/aromatic N) is 1. The van der Waals surface area contributed by atoms with E-state index in [2.05, 4.69) is 17.1 Å². The summed E-state index contributed by atoms with van der Waals surface area (Å²) < 4.78 is 0. The van der Waals surface area contributed by atoms with Gasteiger partial charge in [0.1, 0.15) is 0 Å². The molecule has 4 heteroatoms. The van der Waals surface area contributed by atoms with Crippen LogP contribution in [-0.2, 0) is 4.79 Å². The second-order valence-electron chi connectivity index (χ2n) is 4.16. The molecule has 82 valence electrons. The van der Waals surface area contributed by atoms with Crippen molar-refractivity contribution in [1.29, 1.82) is 0 Å². The first-order valence-corrected chi connectivity index (χ1v) is 5.34. The Hall–Kier alpha value is -0.610. The average molecular weight is 199 g/mol. The molecular weight excluding hydrogens is 178 g/mol. The van der Waals surface area contributed by atoms with Crippen LogP contribution < -0.4 is 11.1 Å². The van der Waals surface area contributed by atoms with Crippen molar-refractivity contribution >= 4 is 5.91 Å². The Morgan fingerprint density at radius 1 is 1.57 bits per heavy atom. The van der Waals surface area contributed by atoms with E-state index in [9.17, 15) is 4.79 Å². The van der Waals surface area contributed by atoms with Gasteiger partial charge in [-0.25, -0.2) is 0 Å². The molecule has 1 saturated carbocycles. The fourth-order valence-electron chi connectivity index (χ4n) is 1.48. The summed E-state index contributed by atoms with van der Waals surface area (Å²) in [5, 5.41) is 2.88. The van der Waals surface area contributed by atoms with Crippen molar-refractivity contribution < 1.29 is 4.79 Å². The Kier molecular flexibility index (Phi) is 3.89. The molecule has 0 aromatic carbocycles. The zero-order valence-electron chi connectivity index (χ0n) is 9.18. The van der Waals surface area contributed by atoms with Gasteiger partial charge in [-0.2, -0.15) is 0 Å². The number of rotatable bonds is 5. The molecule has 4 nitrogen and oxygen atoms in total. The SMILES string of the molecule is CCN(C)CCNC(=O)C1(N)CCC1. The van der Waals surface area contributed by atoms with Crippen molar-refractivity contribution in [3.8, 4) is 0 Å². The summed E-state index contributed by atoms with van der Waals surface area (Å²) in [7, 11) is 2.04. The molecule has 0 spiro atoms. The Balaban J connectivity index is 2.15. The molecule has 0 aromatic rings. The van der Waals surface area contributed by atoms with Gasteiger partial charge in [0.25, 0.3) is 0 Å². The van der Waals surface area contributed by atoms with E-state index in [-0.39, 0.29) is 5.91 Å². The number of nitrogens with two attached hydrogens (primary N) is 1. The lowest BCUT2D eigenvalue weighted by Crippen LogP contribution is -2.59. The van der Waals surface area contributed by atoms with Gasteiger partial charge in [-0.05, 0) is 32.9 Å². The fraction of sp³-hybridized carbons (Fsp3) is 0.900. The van der Waals surface area contributed by atoms with Gasteiger partial charge in [-0.3, -0.25) is 4.79 Å². The van der Waals surface area contributed by atoms with Gasteiger partial charge < -0.3 is 16.0 Å². The Morgan fingerprint density at radius 2 is 2.21 bits per heavy atom. The molecule has 1 fully saturated rings. The first-order valence-electron chi connectivity index (χ1n) is 5.34. The number of amides is 1. The minimum absolute atomic E-state index is 0.0215. The van der Waals surface area contributed by atoms with E-state index < -0.39 is 5.54 Å². The molecule has 0 bridgehead atoms. The number of hydrogen-bond acceptors (Lipinski definition) is 3. The zero-order chi connectivity index (χ0) is 10.6. The van der Waals surface area contributed by atoms with Crippen LogP contribution >= 0.6 is 0 Å². The molecule has 0 aliphatic heterocycles. The molecule has 0 atom stereocenters. The molecule has 1 rings (SSSR count).